The van der Waals surface area contributed by atoms with Crippen LogP contribution in [-0.2, 0) is 12.4 Å². The number of nitrogens with zero attached hydrogens (tertiary/aromatic N) is 2. The van der Waals surface area contributed by atoms with Gasteiger partial charge in [0.2, 0.25) is 0 Å². The lowest BCUT2D eigenvalue weighted by molar-refractivity contribution is -0.143. The van der Waals surface area contributed by atoms with E-state index in [1.165, 1.54) is 31.0 Å². The molecule has 2 fully saturated rings. The van der Waals surface area contributed by atoms with E-state index in [-0.39, 0.29) is 17.2 Å². The first-order chi connectivity index (χ1) is 17.6. The zero-order valence-electron chi connectivity index (χ0n) is 21.3. The topological polar surface area (TPSA) is 35.6 Å². The van der Waals surface area contributed by atoms with E-state index in [4.69, 9.17) is 0 Å². The van der Waals surface area contributed by atoms with E-state index in [0.29, 0.717) is 37.1 Å². The predicted octanol–water partition coefficient (Wildman–Crippen LogP) is 7.24. The summed E-state index contributed by atoms with van der Waals surface area (Å²) in [6.07, 6.45) is -6.85. The van der Waals surface area contributed by atoms with Crippen LogP contribution in [0.1, 0.15) is 72.5 Å². The molecule has 38 heavy (non-hydrogen) atoms. The summed E-state index contributed by atoms with van der Waals surface area (Å²) in [6, 6.07) is 3.67. The van der Waals surface area contributed by atoms with Crippen molar-refractivity contribution in [2.75, 3.05) is 20.1 Å². The van der Waals surface area contributed by atoms with Crippen molar-refractivity contribution in [2.45, 2.75) is 69.5 Å². The number of amides is 2. The second kappa shape index (κ2) is 10.1. The Morgan fingerprint density at radius 2 is 1.68 bits per heavy atom. The highest BCUT2D eigenvalue weighted by Crippen LogP contribution is 2.43. The molecule has 2 saturated heterocycles. The fraction of sp³-hybridized carbons (Fsp3) is 0.519. The maximum atomic E-state index is 13.9. The Labute approximate surface area is 216 Å². The number of likely N-dealkylation sites (tertiary alicyclic amines) is 1. The fourth-order valence-electron chi connectivity index (χ4n) is 5.66. The van der Waals surface area contributed by atoms with Gasteiger partial charge in [-0.15, -0.1) is 0 Å². The molecule has 2 aromatic carbocycles. The lowest BCUT2D eigenvalue weighted by Gasteiger charge is -2.47. The van der Waals surface area contributed by atoms with Crippen molar-refractivity contribution in [1.29, 1.82) is 0 Å². The molecular formula is C27H30F7N3O. The van der Waals surface area contributed by atoms with Crippen molar-refractivity contribution in [3.05, 3.63) is 70.0 Å². The van der Waals surface area contributed by atoms with Crippen LogP contribution in [-0.4, -0.2) is 41.5 Å². The summed E-state index contributed by atoms with van der Waals surface area (Å²) in [5.74, 6) is -0.413. The largest absolute Gasteiger partial charge is 0.416 e. The number of aryl methyl sites for hydroxylation is 1. The fourth-order valence-corrected chi connectivity index (χ4v) is 5.66. The average molecular weight is 546 g/mol. The summed E-state index contributed by atoms with van der Waals surface area (Å²) >= 11 is 0. The number of piperidine rings is 1. The molecule has 11 heteroatoms. The second-order valence-corrected chi connectivity index (χ2v) is 10.4. The minimum atomic E-state index is -4.99. The van der Waals surface area contributed by atoms with Crippen molar-refractivity contribution in [2.24, 2.45) is 0 Å². The quantitative estimate of drug-likeness (QED) is 0.413. The molecule has 0 saturated carbocycles. The van der Waals surface area contributed by atoms with Crippen LogP contribution in [0.25, 0.3) is 0 Å². The first-order valence-electron chi connectivity index (χ1n) is 12.5. The minimum Gasteiger partial charge on any atom is -0.321 e. The molecule has 1 spiro atoms. The summed E-state index contributed by atoms with van der Waals surface area (Å²) in [6.45, 7) is 4.32. The van der Waals surface area contributed by atoms with Gasteiger partial charge in [-0.1, -0.05) is 6.07 Å². The van der Waals surface area contributed by atoms with E-state index in [0.717, 1.165) is 24.9 Å². The maximum Gasteiger partial charge on any atom is 0.416 e. The first kappa shape index (κ1) is 28.2. The van der Waals surface area contributed by atoms with Crippen molar-refractivity contribution in [3.63, 3.8) is 0 Å². The monoisotopic (exact) mass is 545 g/mol. The Bertz CT molecular complexity index is 1160. The van der Waals surface area contributed by atoms with Gasteiger partial charge in [-0.05, 0) is 93.1 Å². The molecule has 1 N–H and O–H groups in total. The normalized spacial score (nSPS) is 23.1. The van der Waals surface area contributed by atoms with Crippen LogP contribution in [0.3, 0.4) is 0 Å². The van der Waals surface area contributed by atoms with Crippen molar-refractivity contribution in [1.82, 2.24) is 15.1 Å². The van der Waals surface area contributed by atoms with Gasteiger partial charge in [0.05, 0.1) is 23.2 Å². The molecule has 2 aliphatic heterocycles. The Hall–Kier alpha value is -2.82. The Kier molecular flexibility index (Phi) is 7.46. The molecule has 0 bridgehead atoms. The van der Waals surface area contributed by atoms with Crippen LogP contribution in [0.5, 0.6) is 0 Å². The third-order valence-corrected chi connectivity index (χ3v) is 7.94. The molecule has 0 aliphatic carbocycles. The predicted molar refractivity (Wildman–Crippen MR) is 128 cm³/mol. The molecule has 0 radical (unpaired) electrons. The van der Waals surface area contributed by atoms with Crippen LogP contribution in [0.2, 0.25) is 0 Å². The summed E-state index contributed by atoms with van der Waals surface area (Å²) in [5, 5.41) is 3.54. The SMILES string of the molecule is Cc1cc(F)ccc1C1CC2(CCCN2)CCN1C(=O)N(C)[C@H](C)c1cc(C(F)(F)F)cc(C(F)(F)F)c1. The summed E-state index contributed by atoms with van der Waals surface area (Å²) < 4.78 is 94.3. The van der Waals surface area contributed by atoms with E-state index in [9.17, 15) is 35.5 Å². The molecule has 2 unspecified atom stereocenters. The summed E-state index contributed by atoms with van der Waals surface area (Å²) in [5.41, 5.74) is -1.90. The van der Waals surface area contributed by atoms with Crippen molar-refractivity contribution < 1.29 is 35.5 Å². The van der Waals surface area contributed by atoms with E-state index in [2.05, 4.69) is 5.32 Å². The van der Waals surface area contributed by atoms with Crippen LogP contribution in [0.15, 0.2) is 36.4 Å². The number of hydrogen-bond acceptors (Lipinski definition) is 2. The number of rotatable bonds is 3. The highest BCUT2D eigenvalue weighted by Gasteiger charge is 2.45. The summed E-state index contributed by atoms with van der Waals surface area (Å²) in [4.78, 5) is 16.5. The average Bonchev–Trinajstić information content (AvgIpc) is 3.29. The Balaban J connectivity index is 1.67. The molecule has 4 nitrogen and oxygen atoms in total. The van der Waals surface area contributed by atoms with Gasteiger partial charge in [0.15, 0.2) is 0 Å². The van der Waals surface area contributed by atoms with Crippen molar-refractivity contribution in [3.8, 4) is 0 Å². The second-order valence-electron chi connectivity index (χ2n) is 10.4. The van der Waals surface area contributed by atoms with Crippen LogP contribution in [0.4, 0.5) is 35.5 Å². The highest BCUT2D eigenvalue weighted by atomic mass is 19.4. The third-order valence-electron chi connectivity index (χ3n) is 7.94. The van der Waals surface area contributed by atoms with Gasteiger partial charge in [0.25, 0.3) is 0 Å². The number of hydrogen-bond donors (Lipinski definition) is 1. The van der Waals surface area contributed by atoms with Gasteiger partial charge in [-0.25, -0.2) is 9.18 Å². The molecule has 2 aromatic rings. The number of nitrogens with one attached hydrogen (secondary N) is 1. The van der Waals surface area contributed by atoms with Gasteiger partial charge in [0, 0.05) is 19.1 Å². The van der Waals surface area contributed by atoms with Gasteiger partial charge in [-0.3, -0.25) is 0 Å². The molecule has 3 atom stereocenters. The lowest BCUT2D eigenvalue weighted by Crippen LogP contribution is -2.55. The van der Waals surface area contributed by atoms with Gasteiger partial charge in [0.1, 0.15) is 5.82 Å². The highest BCUT2D eigenvalue weighted by molar-refractivity contribution is 5.75. The van der Waals surface area contributed by atoms with Gasteiger partial charge in [-0.2, -0.15) is 26.3 Å². The third kappa shape index (κ3) is 5.62. The summed E-state index contributed by atoms with van der Waals surface area (Å²) in [7, 11) is 1.37. The van der Waals surface area contributed by atoms with Gasteiger partial charge < -0.3 is 15.1 Å². The van der Waals surface area contributed by atoms with Crippen molar-refractivity contribution >= 4 is 6.03 Å². The van der Waals surface area contributed by atoms with E-state index in [1.54, 1.807) is 17.9 Å². The molecule has 0 aromatic heterocycles. The zero-order valence-corrected chi connectivity index (χ0v) is 21.3. The van der Waals surface area contributed by atoms with E-state index in [1.807, 2.05) is 0 Å². The first-order valence-corrected chi connectivity index (χ1v) is 12.5. The molecule has 4 rings (SSSR count). The number of carbonyl (C=O) groups excluding carboxylic acids is 1. The van der Waals surface area contributed by atoms with E-state index >= 15 is 0 Å². The molecule has 2 amide bonds. The standard InChI is InChI=1S/C27H30F7N3O/c1-16-11-21(28)5-6-22(16)23-15-25(7-4-9-35-25)8-10-37(23)24(38)36(3)17(2)18-12-19(26(29,30)31)14-20(13-18)27(32,33)34/h5-6,11-14,17,23,35H,4,7-10,15H2,1-3H3/t17-,23?,25?/m1/s1. The molecule has 2 heterocycles. The molecule has 208 valence electrons. The Morgan fingerprint density at radius 3 is 2.21 bits per heavy atom. The zero-order chi connectivity index (χ0) is 28.0. The van der Waals surface area contributed by atoms with Crippen LogP contribution in [0, 0.1) is 12.7 Å². The maximum absolute atomic E-state index is 13.9. The number of benzene rings is 2. The number of carbonyl (C=O) groups is 1. The molecular weight excluding hydrogens is 515 g/mol. The van der Waals surface area contributed by atoms with Gasteiger partial charge >= 0.3 is 18.4 Å². The number of alkyl halides is 6. The van der Waals surface area contributed by atoms with Crippen LogP contribution < -0.4 is 5.32 Å². The molecule has 2 aliphatic rings. The Morgan fingerprint density at radius 1 is 1.05 bits per heavy atom. The minimum absolute atomic E-state index is 0.0735. The number of halogens is 7. The van der Waals surface area contributed by atoms with Crippen LogP contribution >= 0.6 is 0 Å². The van der Waals surface area contributed by atoms with E-state index < -0.39 is 47.4 Å². The number of urea groups is 1. The smallest absolute Gasteiger partial charge is 0.321 e. The lowest BCUT2D eigenvalue weighted by atomic mass is 9.79.